The van der Waals surface area contributed by atoms with Gasteiger partial charge in [0.05, 0.1) is 6.67 Å². The second-order valence-corrected chi connectivity index (χ2v) is 4.10. The van der Waals surface area contributed by atoms with E-state index in [1.807, 2.05) is 0 Å². The van der Waals surface area contributed by atoms with Crippen LogP contribution in [0, 0.1) is 5.92 Å². The number of hydrogen-bond donors (Lipinski definition) is 0. The predicted octanol–water partition coefficient (Wildman–Crippen LogP) is 0.990. The summed E-state index contributed by atoms with van der Waals surface area (Å²) in [7, 11) is 0. The molecule has 0 amide bonds. The third kappa shape index (κ3) is 1.30. The summed E-state index contributed by atoms with van der Waals surface area (Å²) in [5.74, 6) is 0.865. The molecule has 4 atom stereocenters. The van der Waals surface area contributed by atoms with Crippen LogP contribution >= 0.6 is 0 Å². The second kappa shape index (κ2) is 2.76. The molecule has 0 spiro atoms. The molecule has 2 bridgehead atoms. The quantitative estimate of drug-likeness (QED) is 0.513. The monoisotopic (exact) mass is 154 g/mol. The first kappa shape index (κ1) is 7.56. The lowest BCUT2D eigenvalue weighted by Crippen LogP contribution is -2.57. The highest BCUT2D eigenvalue weighted by Gasteiger charge is 2.31. The topological polar surface area (TPSA) is 6.48 Å². The fourth-order valence-electron chi connectivity index (χ4n) is 2.30. The highest BCUT2D eigenvalue weighted by molar-refractivity contribution is 4.84. The van der Waals surface area contributed by atoms with Crippen molar-refractivity contribution in [2.75, 3.05) is 26.3 Å². The van der Waals surface area contributed by atoms with Crippen molar-refractivity contribution in [1.82, 2.24) is 9.80 Å². The second-order valence-electron chi connectivity index (χ2n) is 4.10. The molecule has 0 N–H and O–H groups in total. The van der Waals surface area contributed by atoms with Crippen molar-refractivity contribution in [2.24, 2.45) is 5.92 Å². The summed E-state index contributed by atoms with van der Waals surface area (Å²) in [5, 5.41) is 0. The Morgan fingerprint density at radius 2 is 2.00 bits per heavy atom. The first-order chi connectivity index (χ1) is 5.27. The molecule has 2 heterocycles. The Labute approximate surface area is 69.2 Å². The molecule has 2 aliphatic rings. The van der Waals surface area contributed by atoms with Crippen LogP contribution in [0.5, 0.6) is 0 Å². The molecule has 2 saturated heterocycles. The van der Waals surface area contributed by atoms with Crippen LogP contribution in [-0.4, -0.2) is 42.1 Å². The van der Waals surface area contributed by atoms with Crippen LogP contribution in [-0.2, 0) is 0 Å². The van der Waals surface area contributed by atoms with Gasteiger partial charge in [0.2, 0.25) is 0 Å². The van der Waals surface area contributed by atoms with E-state index in [1.54, 1.807) is 0 Å². The minimum absolute atomic E-state index is 0.812. The van der Waals surface area contributed by atoms with Gasteiger partial charge in [0.25, 0.3) is 0 Å². The SMILES string of the molecule is CC1CN2CCCN(C2)C1C. The maximum atomic E-state index is 2.61. The molecule has 2 heteroatoms. The van der Waals surface area contributed by atoms with E-state index in [0.717, 1.165) is 12.0 Å². The maximum Gasteiger partial charge on any atom is 0.0509 e. The molecule has 0 aromatic rings. The molecule has 2 rings (SSSR count). The minimum atomic E-state index is 0.812. The molecule has 0 radical (unpaired) electrons. The van der Waals surface area contributed by atoms with Crippen LogP contribution in [0.4, 0.5) is 0 Å². The Balaban J connectivity index is 2.05. The van der Waals surface area contributed by atoms with E-state index in [4.69, 9.17) is 0 Å². The average molecular weight is 154 g/mol. The van der Waals surface area contributed by atoms with Crippen molar-refractivity contribution in [3.63, 3.8) is 0 Å². The third-order valence-electron chi connectivity index (χ3n) is 3.25. The van der Waals surface area contributed by atoms with Crippen LogP contribution in [0.1, 0.15) is 20.3 Å². The van der Waals surface area contributed by atoms with Gasteiger partial charge in [0.15, 0.2) is 0 Å². The Hall–Kier alpha value is -0.0800. The molecule has 2 fully saturated rings. The fourth-order valence-corrected chi connectivity index (χ4v) is 2.30. The zero-order valence-corrected chi connectivity index (χ0v) is 7.58. The van der Waals surface area contributed by atoms with E-state index in [0.29, 0.717) is 0 Å². The molecule has 4 unspecified atom stereocenters. The van der Waals surface area contributed by atoms with Crippen LogP contribution < -0.4 is 0 Å². The number of nitrogens with zero attached hydrogens (tertiary/aromatic N) is 2. The van der Waals surface area contributed by atoms with Gasteiger partial charge in [-0.1, -0.05) is 6.92 Å². The zero-order valence-electron chi connectivity index (χ0n) is 7.58. The summed E-state index contributed by atoms with van der Waals surface area (Å²) in [6.45, 7) is 9.93. The standard InChI is InChI=1S/C9H18N2/c1-8-6-10-4-3-5-11(7-10)9(8)2/h8-9H,3-7H2,1-2H3. The van der Waals surface area contributed by atoms with E-state index in [-0.39, 0.29) is 0 Å². The molecule has 0 aromatic carbocycles. The Morgan fingerprint density at radius 1 is 1.18 bits per heavy atom. The van der Waals surface area contributed by atoms with E-state index in [1.165, 1.54) is 32.7 Å². The summed E-state index contributed by atoms with van der Waals surface area (Å²) in [4.78, 5) is 5.19. The fraction of sp³-hybridized carbons (Fsp3) is 1.00. The summed E-state index contributed by atoms with van der Waals surface area (Å²) < 4.78 is 0. The molecule has 2 nitrogen and oxygen atoms in total. The molecular weight excluding hydrogens is 136 g/mol. The summed E-state index contributed by atoms with van der Waals surface area (Å²) in [5.41, 5.74) is 0. The molecule has 2 aliphatic heterocycles. The normalized spacial score (nSPS) is 50.7. The van der Waals surface area contributed by atoms with Gasteiger partial charge in [0, 0.05) is 25.7 Å². The smallest absolute Gasteiger partial charge is 0.0509 e. The Kier molecular flexibility index (Phi) is 1.90. The van der Waals surface area contributed by atoms with E-state index < -0.39 is 0 Å². The van der Waals surface area contributed by atoms with Crippen molar-refractivity contribution in [2.45, 2.75) is 26.3 Å². The van der Waals surface area contributed by atoms with Gasteiger partial charge in [-0.3, -0.25) is 9.80 Å². The predicted molar refractivity (Wildman–Crippen MR) is 46.4 cm³/mol. The number of hydrogen-bond acceptors (Lipinski definition) is 2. The Morgan fingerprint density at radius 3 is 2.82 bits per heavy atom. The van der Waals surface area contributed by atoms with E-state index >= 15 is 0 Å². The molecule has 0 aliphatic carbocycles. The van der Waals surface area contributed by atoms with Crippen LogP contribution in [0.25, 0.3) is 0 Å². The van der Waals surface area contributed by atoms with Gasteiger partial charge in [-0.25, -0.2) is 0 Å². The van der Waals surface area contributed by atoms with Crippen molar-refractivity contribution in [3.8, 4) is 0 Å². The van der Waals surface area contributed by atoms with Gasteiger partial charge < -0.3 is 0 Å². The molecule has 0 aromatic heterocycles. The highest BCUT2D eigenvalue weighted by atomic mass is 15.4. The largest absolute Gasteiger partial charge is 0.290 e. The van der Waals surface area contributed by atoms with Gasteiger partial charge in [-0.15, -0.1) is 0 Å². The maximum absolute atomic E-state index is 2.61. The average Bonchev–Trinajstić information content (AvgIpc) is 2.01. The zero-order chi connectivity index (χ0) is 7.84. The molecule has 11 heavy (non-hydrogen) atoms. The van der Waals surface area contributed by atoms with Gasteiger partial charge in [-0.05, 0) is 19.3 Å². The van der Waals surface area contributed by atoms with Gasteiger partial charge in [0.1, 0.15) is 0 Å². The number of fused-ring (bicyclic) bond motifs is 2. The third-order valence-corrected chi connectivity index (χ3v) is 3.25. The lowest BCUT2D eigenvalue weighted by Gasteiger charge is -2.47. The van der Waals surface area contributed by atoms with Crippen molar-refractivity contribution >= 4 is 0 Å². The van der Waals surface area contributed by atoms with Crippen molar-refractivity contribution < 1.29 is 0 Å². The lowest BCUT2D eigenvalue weighted by atomic mass is 9.97. The molecule has 64 valence electrons. The number of rotatable bonds is 0. The van der Waals surface area contributed by atoms with Crippen molar-refractivity contribution in [3.05, 3.63) is 0 Å². The molecule has 0 saturated carbocycles. The summed E-state index contributed by atoms with van der Waals surface area (Å²) in [6, 6.07) is 0.812. The van der Waals surface area contributed by atoms with Gasteiger partial charge in [-0.2, -0.15) is 0 Å². The molecular formula is C9H18N2. The van der Waals surface area contributed by atoms with Crippen LogP contribution in [0.3, 0.4) is 0 Å². The van der Waals surface area contributed by atoms with Crippen LogP contribution in [0.15, 0.2) is 0 Å². The van der Waals surface area contributed by atoms with E-state index in [2.05, 4.69) is 23.6 Å². The summed E-state index contributed by atoms with van der Waals surface area (Å²) in [6.07, 6.45) is 1.37. The highest BCUT2D eigenvalue weighted by Crippen LogP contribution is 2.22. The van der Waals surface area contributed by atoms with E-state index in [9.17, 15) is 0 Å². The summed E-state index contributed by atoms with van der Waals surface area (Å²) >= 11 is 0. The van der Waals surface area contributed by atoms with Gasteiger partial charge >= 0.3 is 0 Å². The lowest BCUT2D eigenvalue weighted by molar-refractivity contribution is -0.0208. The van der Waals surface area contributed by atoms with Crippen LogP contribution in [0.2, 0.25) is 0 Å². The van der Waals surface area contributed by atoms with Crippen molar-refractivity contribution in [1.29, 1.82) is 0 Å². The first-order valence-corrected chi connectivity index (χ1v) is 4.74. The Bertz CT molecular complexity index is 144. The first-order valence-electron chi connectivity index (χ1n) is 4.74. The minimum Gasteiger partial charge on any atom is -0.290 e.